The second-order valence-corrected chi connectivity index (χ2v) is 11.0. The van der Waals surface area contributed by atoms with Crippen molar-refractivity contribution in [1.82, 2.24) is 9.73 Å². The zero-order chi connectivity index (χ0) is 26.4. The van der Waals surface area contributed by atoms with Crippen LogP contribution in [0.25, 0.3) is 0 Å². The number of sulfonamides is 1. The predicted molar refractivity (Wildman–Crippen MR) is 144 cm³/mol. The summed E-state index contributed by atoms with van der Waals surface area (Å²) < 4.78 is 34.2. The van der Waals surface area contributed by atoms with Crippen LogP contribution in [-0.2, 0) is 23.1 Å². The maximum atomic E-state index is 13.5. The van der Waals surface area contributed by atoms with Crippen LogP contribution in [0.3, 0.4) is 0 Å². The van der Waals surface area contributed by atoms with Crippen molar-refractivity contribution in [3.05, 3.63) is 124 Å². The molecule has 0 saturated heterocycles. The number of carbonyl (C=O) groups excluding carboxylic acids is 1. The van der Waals surface area contributed by atoms with Crippen LogP contribution in [0.1, 0.15) is 38.6 Å². The third-order valence-corrected chi connectivity index (χ3v) is 7.68. The SMILES string of the molecule is Cc1ccc(CN(Cc2ccc(/C=N\NC(=O)c3ccc(Cl)cc3)o2)S(=O)(=O)c2ccc(C)cc2)cc1. The largest absolute Gasteiger partial charge is 0.459 e. The molecule has 1 N–H and O–H groups in total. The lowest BCUT2D eigenvalue weighted by Gasteiger charge is -2.21. The zero-order valence-electron chi connectivity index (χ0n) is 20.4. The van der Waals surface area contributed by atoms with Gasteiger partial charge in [0.25, 0.3) is 5.91 Å². The summed E-state index contributed by atoms with van der Waals surface area (Å²) in [5.41, 5.74) is 5.76. The Morgan fingerprint density at radius 3 is 2.16 bits per heavy atom. The summed E-state index contributed by atoms with van der Waals surface area (Å²) in [7, 11) is -3.80. The first-order valence-corrected chi connectivity index (χ1v) is 13.3. The Balaban J connectivity index is 1.50. The molecule has 0 atom stereocenters. The van der Waals surface area contributed by atoms with E-state index >= 15 is 0 Å². The average molecular weight is 536 g/mol. The van der Waals surface area contributed by atoms with Crippen LogP contribution in [0, 0.1) is 13.8 Å². The molecule has 0 bridgehead atoms. The molecule has 190 valence electrons. The number of rotatable bonds is 9. The molecule has 0 unspecified atom stereocenters. The number of nitrogens with zero attached hydrogens (tertiary/aromatic N) is 2. The Morgan fingerprint density at radius 2 is 1.51 bits per heavy atom. The Morgan fingerprint density at radius 1 is 0.892 bits per heavy atom. The highest BCUT2D eigenvalue weighted by Crippen LogP contribution is 2.22. The van der Waals surface area contributed by atoms with E-state index in [1.54, 1.807) is 60.7 Å². The van der Waals surface area contributed by atoms with Gasteiger partial charge in [0.05, 0.1) is 17.7 Å². The fourth-order valence-corrected chi connectivity index (χ4v) is 5.05. The Hall–Kier alpha value is -3.72. The molecule has 4 aromatic rings. The van der Waals surface area contributed by atoms with Gasteiger partial charge in [-0.1, -0.05) is 59.1 Å². The van der Waals surface area contributed by atoms with Crippen LogP contribution in [0.5, 0.6) is 0 Å². The minimum Gasteiger partial charge on any atom is -0.459 e. The second kappa shape index (κ2) is 11.6. The molecule has 1 amide bonds. The summed E-state index contributed by atoms with van der Waals surface area (Å²) in [4.78, 5) is 12.4. The predicted octanol–water partition coefficient (Wildman–Crippen LogP) is 5.70. The van der Waals surface area contributed by atoms with Gasteiger partial charge in [0.2, 0.25) is 10.0 Å². The van der Waals surface area contributed by atoms with Gasteiger partial charge in [-0.25, -0.2) is 13.8 Å². The number of amides is 1. The van der Waals surface area contributed by atoms with Crippen molar-refractivity contribution in [1.29, 1.82) is 0 Å². The lowest BCUT2D eigenvalue weighted by molar-refractivity contribution is 0.0955. The number of hydrazone groups is 1. The summed E-state index contributed by atoms with van der Waals surface area (Å²) in [6, 6.07) is 24.3. The van der Waals surface area contributed by atoms with Gasteiger partial charge in [0.1, 0.15) is 11.5 Å². The molecule has 0 aliphatic heterocycles. The Bertz CT molecular complexity index is 1490. The molecular formula is C28H26ClN3O4S. The molecule has 7 nitrogen and oxygen atoms in total. The van der Waals surface area contributed by atoms with Crippen molar-refractivity contribution in [2.24, 2.45) is 5.10 Å². The third-order valence-electron chi connectivity index (χ3n) is 5.62. The maximum absolute atomic E-state index is 13.5. The monoisotopic (exact) mass is 535 g/mol. The minimum absolute atomic E-state index is 0.0229. The number of benzene rings is 3. The lowest BCUT2D eigenvalue weighted by atomic mass is 10.1. The van der Waals surface area contributed by atoms with Crippen LogP contribution < -0.4 is 5.43 Å². The van der Waals surface area contributed by atoms with E-state index in [4.69, 9.17) is 16.0 Å². The van der Waals surface area contributed by atoms with Gasteiger partial charge in [-0.2, -0.15) is 9.41 Å². The van der Waals surface area contributed by atoms with E-state index in [2.05, 4.69) is 10.5 Å². The fraction of sp³-hybridized carbons (Fsp3) is 0.143. The number of aryl methyl sites for hydroxylation is 2. The summed E-state index contributed by atoms with van der Waals surface area (Å²) in [6.45, 7) is 4.09. The van der Waals surface area contributed by atoms with Crippen molar-refractivity contribution in [3.63, 3.8) is 0 Å². The molecule has 0 fully saturated rings. The van der Waals surface area contributed by atoms with Crippen molar-refractivity contribution >= 4 is 33.7 Å². The topological polar surface area (TPSA) is 92.0 Å². The fourth-order valence-electron chi connectivity index (χ4n) is 3.53. The van der Waals surface area contributed by atoms with Gasteiger partial charge in [0, 0.05) is 17.1 Å². The number of hydrogen-bond acceptors (Lipinski definition) is 5. The molecule has 0 spiro atoms. The zero-order valence-corrected chi connectivity index (χ0v) is 22.0. The van der Waals surface area contributed by atoms with E-state index in [1.165, 1.54) is 10.5 Å². The quantitative estimate of drug-likeness (QED) is 0.220. The minimum atomic E-state index is -3.80. The molecule has 4 rings (SSSR count). The normalized spacial score (nSPS) is 11.8. The number of carbonyl (C=O) groups is 1. The van der Waals surface area contributed by atoms with Gasteiger partial charge >= 0.3 is 0 Å². The van der Waals surface area contributed by atoms with Crippen molar-refractivity contribution in [3.8, 4) is 0 Å². The Labute approximate surface area is 221 Å². The van der Waals surface area contributed by atoms with Gasteiger partial charge < -0.3 is 4.42 Å². The second-order valence-electron chi connectivity index (χ2n) is 8.58. The van der Waals surface area contributed by atoms with E-state index in [0.717, 1.165) is 16.7 Å². The van der Waals surface area contributed by atoms with E-state index in [1.807, 2.05) is 38.1 Å². The first-order chi connectivity index (χ1) is 17.7. The number of hydrogen-bond donors (Lipinski definition) is 1. The summed E-state index contributed by atoms with van der Waals surface area (Å²) in [5, 5.41) is 4.46. The van der Waals surface area contributed by atoms with Crippen molar-refractivity contribution in [2.75, 3.05) is 0 Å². The maximum Gasteiger partial charge on any atom is 0.271 e. The van der Waals surface area contributed by atoms with E-state index < -0.39 is 15.9 Å². The van der Waals surface area contributed by atoms with Crippen LogP contribution in [0.2, 0.25) is 5.02 Å². The number of halogens is 1. The summed E-state index contributed by atoms with van der Waals surface area (Å²) in [5.74, 6) is 0.413. The molecular weight excluding hydrogens is 510 g/mol. The highest BCUT2D eigenvalue weighted by Gasteiger charge is 2.26. The Kier molecular flexibility index (Phi) is 8.23. The van der Waals surface area contributed by atoms with E-state index in [9.17, 15) is 13.2 Å². The summed E-state index contributed by atoms with van der Waals surface area (Å²) in [6.07, 6.45) is 1.36. The first-order valence-electron chi connectivity index (χ1n) is 11.5. The van der Waals surface area contributed by atoms with Crippen LogP contribution in [0.4, 0.5) is 0 Å². The van der Waals surface area contributed by atoms with Crippen LogP contribution in [-0.4, -0.2) is 24.8 Å². The molecule has 0 aliphatic carbocycles. The number of nitrogens with one attached hydrogen (secondary N) is 1. The molecule has 0 saturated carbocycles. The molecule has 1 heterocycles. The molecule has 37 heavy (non-hydrogen) atoms. The van der Waals surface area contributed by atoms with E-state index in [0.29, 0.717) is 22.1 Å². The molecule has 0 radical (unpaired) electrons. The lowest BCUT2D eigenvalue weighted by Crippen LogP contribution is -2.30. The first kappa shape index (κ1) is 26.3. The van der Waals surface area contributed by atoms with Crippen LogP contribution in [0.15, 0.2) is 99.3 Å². The molecule has 9 heteroatoms. The number of furan rings is 1. The third kappa shape index (κ3) is 6.95. The van der Waals surface area contributed by atoms with Gasteiger partial charge in [-0.05, 0) is 67.9 Å². The molecule has 0 aliphatic rings. The van der Waals surface area contributed by atoms with Gasteiger partial charge in [-0.15, -0.1) is 0 Å². The van der Waals surface area contributed by atoms with Gasteiger partial charge in [0.15, 0.2) is 0 Å². The smallest absolute Gasteiger partial charge is 0.271 e. The molecule has 1 aromatic heterocycles. The van der Waals surface area contributed by atoms with Crippen LogP contribution >= 0.6 is 11.6 Å². The summed E-state index contributed by atoms with van der Waals surface area (Å²) >= 11 is 5.84. The van der Waals surface area contributed by atoms with E-state index in [-0.39, 0.29) is 18.0 Å². The highest BCUT2D eigenvalue weighted by molar-refractivity contribution is 7.89. The van der Waals surface area contributed by atoms with Crippen molar-refractivity contribution < 1.29 is 17.6 Å². The average Bonchev–Trinajstić information content (AvgIpc) is 3.32. The van der Waals surface area contributed by atoms with Gasteiger partial charge in [-0.3, -0.25) is 4.79 Å². The molecule has 3 aromatic carbocycles. The standard InChI is InChI=1S/C28H26ClN3O4S/c1-20-3-7-22(8-4-20)18-32(37(34,35)27-15-5-21(2)6-16-27)19-26-14-13-25(36-26)17-30-31-28(33)23-9-11-24(29)12-10-23/h3-17H,18-19H2,1-2H3,(H,31,33)/b30-17-. The van der Waals surface area contributed by atoms with Crippen molar-refractivity contribution in [2.45, 2.75) is 31.8 Å². The highest BCUT2D eigenvalue weighted by atomic mass is 35.5.